The number of carbonyl (C=O) groups is 1. The molecule has 1 heterocycles. The van der Waals surface area contributed by atoms with Gasteiger partial charge in [-0.05, 0) is 12.5 Å². The number of benzene rings is 1. The van der Waals surface area contributed by atoms with Gasteiger partial charge in [0, 0.05) is 31.1 Å². The molecule has 1 amide bonds. The lowest BCUT2D eigenvalue weighted by atomic mass is 10.2. The minimum absolute atomic E-state index is 0.301. The lowest BCUT2D eigenvalue weighted by Gasteiger charge is -2.13. The number of hydrogen-bond donors (Lipinski definition) is 2. The van der Waals surface area contributed by atoms with Gasteiger partial charge in [-0.3, -0.25) is 9.78 Å². The first-order valence-electron chi connectivity index (χ1n) is 7.50. The molecule has 2 N–H and O–H groups in total. The molecule has 0 radical (unpaired) electrons. The SMILES string of the molecule is CCCNc1cncc(C(=O)Nc2cc(OC)c(Cl)cc2OC)c1. The zero-order valence-corrected chi connectivity index (χ0v) is 14.6. The summed E-state index contributed by atoms with van der Waals surface area (Å²) in [7, 11) is 3.01. The van der Waals surface area contributed by atoms with Crippen molar-refractivity contribution in [2.75, 3.05) is 31.4 Å². The van der Waals surface area contributed by atoms with Gasteiger partial charge in [0.2, 0.25) is 0 Å². The maximum absolute atomic E-state index is 12.5. The fourth-order valence-electron chi connectivity index (χ4n) is 2.08. The first-order valence-corrected chi connectivity index (χ1v) is 7.88. The van der Waals surface area contributed by atoms with Crippen LogP contribution in [-0.4, -0.2) is 31.7 Å². The molecule has 0 bridgehead atoms. The Kier molecular flexibility index (Phi) is 6.26. The van der Waals surface area contributed by atoms with Crippen molar-refractivity contribution >= 4 is 28.9 Å². The zero-order chi connectivity index (χ0) is 17.5. The fourth-order valence-corrected chi connectivity index (χ4v) is 2.31. The molecule has 6 nitrogen and oxygen atoms in total. The molecule has 7 heteroatoms. The van der Waals surface area contributed by atoms with E-state index in [1.807, 2.05) is 0 Å². The number of ether oxygens (including phenoxy) is 2. The van der Waals surface area contributed by atoms with Crippen LogP contribution in [0.15, 0.2) is 30.6 Å². The van der Waals surface area contributed by atoms with Crippen LogP contribution in [0.1, 0.15) is 23.7 Å². The van der Waals surface area contributed by atoms with Gasteiger partial charge >= 0.3 is 0 Å². The third-order valence-electron chi connectivity index (χ3n) is 3.30. The Labute approximate surface area is 146 Å². The predicted molar refractivity (Wildman–Crippen MR) is 95.5 cm³/mol. The topological polar surface area (TPSA) is 72.5 Å². The molecule has 1 aromatic heterocycles. The number of nitrogens with one attached hydrogen (secondary N) is 2. The van der Waals surface area contributed by atoms with E-state index < -0.39 is 0 Å². The van der Waals surface area contributed by atoms with E-state index in [2.05, 4.69) is 22.5 Å². The van der Waals surface area contributed by atoms with Crippen molar-refractivity contribution in [1.29, 1.82) is 0 Å². The Morgan fingerprint density at radius 2 is 1.92 bits per heavy atom. The second kappa shape index (κ2) is 8.40. The van der Waals surface area contributed by atoms with Crippen LogP contribution < -0.4 is 20.1 Å². The van der Waals surface area contributed by atoms with Gasteiger partial charge in [0.15, 0.2) is 0 Å². The van der Waals surface area contributed by atoms with E-state index in [0.717, 1.165) is 18.7 Å². The molecule has 128 valence electrons. The summed E-state index contributed by atoms with van der Waals surface area (Å²) in [6.07, 6.45) is 4.17. The minimum atomic E-state index is -0.301. The number of methoxy groups -OCH3 is 2. The summed E-state index contributed by atoms with van der Waals surface area (Å²) in [5.74, 6) is 0.594. The van der Waals surface area contributed by atoms with Crippen LogP contribution in [0.3, 0.4) is 0 Å². The normalized spacial score (nSPS) is 10.2. The third-order valence-corrected chi connectivity index (χ3v) is 3.60. The van der Waals surface area contributed by atoms with E-state index in [0.29, 0.717) is 27.8 Å². The highest BCUT2D eigenvalue weighted by Crippen LogP contribution is 2.36. The smallest absolute Gasteiger partial charge is 0.257 e. The van der Waals surface area contributed by atoms with Crippen LogP contribution in [0.5, 0.6) is 11.5 Å². The fraction of sp³-hybridized carbons (Fsp3) is 0.294. The maximum Gasteiger partial charge on any atom is 0.257 e. The molecule has 2 aromatic rings. The Bertz CT molecular complexity index is 722. The van der Waals surface area contributed by atoms with Gasteiger partial charge in [0.1, 0.15) is 11.5 Å². The summed E-state index contributed by atoms with van der Waals surface area (Å²) in [6, 6.07) is 4.96. The molecule has 0 spiro atoms. The number of anilines is 2. The number of amides is 1. The number of rotatable bonds is 7. The van der Waals surface area contributed by atoms with Crippen molar-refractivity contribution in [3.63, 3.8) is 0 Å². The van der Waals surface area contributed by atoms with E-state index in [9.17, 15) is 4.79 Å². The van der Waals surface area contributed by atoms with Crippen molar-refractivity contribution in [1.82, 2.24) is 4.98 Å². The van der Waals surface area contributed by atoms with Crippen molar-refractivity contribution in [3.8, 4) is 11.5 Å². The molecule has 0 unspecified atom stereocenters. The zero-order valence-electron chi connectivity index (χ0n) is 13.9. The van der Waals surface area contributed by atoms with Gasteiger partial charge < -0.3 is 20.1 Å². The molecule has 0 saturated heterocycles. The standard InChI is InChI=1S/C17H20ClN3O3/c1-4-5-20-12-6-11(9-19-10-12)17(22)21-14-8-15(23-2)13(18)7-16(14)24-3/h6-10,20H,4-5H2,1-3H3,(H,21,22). The number of pyridine rings is 1. The molecule has 0 aliphatic rings. The van der Waals surface area contributed by atoms with Crippen LogP contribution in [-0.2, 0) is 0 Å². The van der Waals surface area contributed by atoms with Gasteiger partial charge in [-0.25, -0.2) is 0 Å². The lowest BCUT2D eigenvalue weighted by molar-refractivity contribution is 0.102. The van der Waals surface area contributed by atoms with Crippen molar-refractivity contribution in [2.45, 2.75) is 13.3 Å². The van der Waals surface area contributed by atoms with Gasteiger partial charge in [-0.2, -0.15) is 0 Å². The summed E-state index contributed by atoms with van der Waals surface area (Å²) in [5, 5.41) is 6.39. The quantitative estimate of drug-likeness (QED) is 0.794. The lowest BCUT2D eigenvalue weighted by Crippen LogP contribution is -2.14. The van der Waals surface area contributed by atoms with Gasteiger partial charge in [-0.15, -0.1) is 0 Å². The highest BCUT2D eigenvalue weighted by molar-refractivity contribution is 6.32. The van der Waals surface area contributed by atoms with E-state index in [1.165, 1.54) is 20.4 Å². The van der Waals surface area contributed by atoms with Crippen molar-refractivity contribution < 1.29 is 14.3 Å². The highest BCUT2D eigenvalue weighted by atomic mass is 35.5. The summed E-state index contributed by atoms with van der Waals surface area (Å²) in [5.41, 5.74) is 1.70. The summed E-state index contributed by atoms with van der Waals surface area (Å²) >= 11 is 6.07. The molecule has 1 aromatic carbocycles. The van der Waals surface area contributed by atoms with Crippen molar-refractivity contribution in [2.24, 2.45) is 0 Å². The van der Waals surface area contributed by atoms with E-state index in [4.69, 9.17) is 21.1 Å². The Morgan fingerprint density at radius 1 is 1.17 bits per heavy atom. The predicted octanol–water partition coefficient (Wildman–Crippen LogP) is 3.83. The van der Waals surface area contributed by atoms with Crippen LogP contribution >= 0.6 is 11.6 Å². The second-order valence-corrected chi connectivity index (χ2v) is 5.44. The van der Waals surface area contributed by atoms with Crippen LogP contribution in [0.25, 0.3) is 0 Å². The Morgan fingerprint density at radius 3 is 2.58 bits per heavy atom. The average molecular weight is 350 g/mol. The Balaban J connectivity index is 2.23. The molecule has 0 atom stereocenters. The van der Waals surface area contributed by atoms with Gasteiger partial charge in [-0.1, -0.05) is 18.5 Å². The largest absolute Gasteiger partial charge is 0.495 e. The maximum atomic E-state index is 12.5. The van der Waals surface area contributed by atoms with E-state index >= 15 is 0 Å². The minimum Gasteiger partial charge on any atom is -0.495 e. The molecular weight excluding hydrogens is 330 g/mol. The molecule has 2 rings (SSSR count). The molecule has 24 heavy (non-hydrogen) atoms. The number of carbonyl (C=O) groups excluding carboxylic acids is 1. The molecule has 0 saturated carbocycles. The first kappa shape index (κ1) is 17.9. The van der Waals surface area contributed by atoms with Gasteiger partial charge in [0.25, 0.3) is 5.91 Å². The molecule has 0 aliphatic carbocycles. The summed E-state index contributed by atoms with van der Waals surface area (Å²) in [4.78, 5) is 16.6. The molecular formula is C17H20ClN3O3. The highest BCUT2D eigenvalue weighted by Gasteiger charge is 2.14. The average Bonchev–Trinajstić information content (AvgIpc) is 2.61. The summed E-state index contributed by atoms with van der Waals surface area (Å²) in [6.45, 7) is 2.88. The number of halogens is 1. The number of hydrogen-bond acceptors (Lipinski definition) is 5. The molecule has 0 fully saturated rings. The van der Waals surface area contributed by atoms with Crippen LogP contribution in [0, 0.1) is 0 Å². The number of nitrogens with zero attached hydrogens (tertiary/aromatic N) is 1. The second-order valence-electron chi connectivity index (χ2n) is 5.03. The Hall–Kier alpha value is -2.47. The van der Waals surface area contributed by atoms with E-state index in [-0.39, 0.29) is 5.91 Å². The molecule has 0 aliphatic heterocycles. The first-order chi connectivity index (χ1) is 11.6. The van der Waals surface area contributed by atoms with E-state index in [1.54, 1.807) is 24.4 Å². The van der Waals surface area contributed by atoms with Crippen LogP contribution in [0.2, 0.25) is 5.02 Å². The van der Waals surface area contributed by atoms with Gasteiger partial charge in [0.05, 0.1) is 36.2 Å². The third kappa shape index (κ3) is 4.29. The van der Waals surface area contributed by atoms with Crippen LogP contribution in [0.4, 0.5) is 11.4 Å². The number of aromatic nitrogens is 1. The monoisotopic (exact) mass is 349 g/mol. The summed E-state index contributed by atoms with van der Waals surface area (Å²) < 4.78 is 10.4. The van der Waals surface area contributed by atoms with Crippen molar-refractivity contribution in [3.05, 3.63) is 41.2 Å².